The maximum Gasteiger partial charge on any atom is 0.410 e. The molecule has 1 unspecified atom stereocenters. The number of hydrogen-bond acceptors (Lipinski definition) is 11. The van der Waals surface area contributed by atoms with Crippen molar-refractivity contribution in [3.8, 4) is 17.5 Å². The monoisotopic (exact) mass is 715 g/mol. The topological polar surface area (TPSA) is 140 Å². The van der Waals surface area contributed by atoms with Gasteiger partial charge in [-0.25, -0.2) is 4.79 Å². The summed E-state index contributed by atoms with van der Waals surface area (Å²) in [6.45, 7) is 12.0. The van der Waals surface area contributed by atoms with Crippen LogP contribution >= 0.6 is 0 Å². The first-order chi connectivity index (χ1) is 25.1. The lowest BCUT2D eigenvalue weighted by Crippen LogP contribution is -2.38. The normalized spacial score (nSPS) is 20.0. The number of nitrogens with one attached hydrogen (secondary N) is 2. The Morgan fingerprint density at radius 3 is 2.25 bits per heavy atom. The number of benzene rings is 2. The molecule has 13 heteroatoms. The van der Waals surface area contributed by atoms with Gasteiger partial charge in [-0.2, -0.15) is 15.0 Å². The van der Waals surface area contributed by atoms with Crippen LogP contribution in [0.2, 0.25) is 0 Å². The summed E-state index contributed by atoms with van der Waals surface area (Å²) in [5.41, 5.74) is 1.55. The van der Waals surface area contributed by atoms with E-state index in [4.69, 9.17) is 18.9 Å². The van der Waals surface area contributed by atoms with Crippen LogP contribution in [-0.4, -0.2) is 88.4 Å². The first-order valence-corrected chi connectivity index (χ1v) is 18.7. The maximum atomic E-state index is 14.1. The summed E-state index contributed by atoms with van der Waals surface area (Å²) in [6.07, 6.45) is 7.66. The molecule has 52 heavy (non-hydrogen) atoms. The van der Waals surface area contributed by atoms with Crippen molar-refractivity contribution in [3.63, 3.8) is 0 Å². The number of likely N-dealkylation sites (tertiary alicyclic amines) is 2. The number of rotatable bonds is 3. The van der Waals surface area contributed by atoms with Gasteiger partial charge in [-0.05, 0) is 83.2 Å². The number of aromatic nitrogens is 3. The number of ether oxygens (including phenoxy) is 4. The molecule has 5 heterocycles. The first-order valence-electron chi connectivity index (χ1n) is 18.7. The molecule has 2 fully saturated rings. The van der Waals surface area contributed by atoms with Gasteiger partial charge in [-0.1, -0.05) is 37.8 Å². The third kappa shape index (κ3) is 9.95. The summed E-state index contributed by atoms with van der Waals surface area (Å²) in [5.74, 6) is 1.95. The number of fused-ring (bicyclic) bond motifs is 12. The Hall–Kier alpha value is -4.81. The minimum absolute atomic E-state index is 0.0769. The van der Waals surface area contributed by atoms with E-state index in [-0.39, 0.29) is 23.4 Å². The van der Waals surface area contributed by atoms with Crippen LogP contribution < -0.4 is 24.8 Å². The first kappa shape index (κ1) is 37.0. The molecule has 0 radical (unpaired) electrons. The van der Waals surface area contributed by atoms with Crippen LogP contribution in [0, 0.1) is 5.41 Å². The van der Waals surface area contributed by atoms with E-state index in [0.29, 0.717) is 81.4 Å². The van der Waals surface area contributed by atoms with E-state index < -0.39 is 5.60 Å². The molecule has 2 saturated heterocycles. The lowest BCUT2D eigenvalue weighted by molar-refractivity contribution is 0.0274. The molecule has 2 aromatic carbocycles. The fourth-order valence-electron chi connectivity index (χ4n) is 6.91. The van der Waals surface area contributed by atoms with Crippen molar-refractivity contribution in [1.82, 2.24) is 24.8 Å². The second-order valence-corrected chi connectivity index (χ2v) is 15.0. The van der Waals surface area contributed by atoms with Crippen molar-refractivity contribution in [2.75, 3.05) is 56.6 Å². The quantitative estimate of drug-likeness (QED) is 0.284. The van der Waals surface area contributed by atoms with E-state index in [1.54, 1.807) is 4.90 Å². The largest absolute Gasteiger partial charge is 0.494 e. The average molecular weight is 716 g/mol. The lowest BCUT2D eigenvalue weighted by Gasteiger charge is -2.27. The Balaban J connectivity index is 1.20. The summed E-state index contributed by atoms with van der Waals surface area (Å²) < 4.78 is 23.6. The van der Waals surface area contributed by atoms with Gasteiger partial charge in [0.05, 0.1) is 25.4 Å². The summed E-state index contributed by atoms with van der Waals surface area (Å²) >= 11 is 0. The third-order valence-electron chi connectivity index (χ3n) is 9.61. The lowest BCUT2D eigenvalue weighted by atomic mass is 9.86. The Morgan fingerprint density at radius 1 is 0.846 bits per heavy atom. The highest BCUT2D eigenvalue weighted by Crippen LogP contribution is 2.41. The molecule has 6 bridgehead atoms. The van der Waals surface area contributed by atoms with E-state index in [1.807, 2.05) is 75.1 Å². The van der Waals surface area contributed by atoms with Gasteiger partial charge in [0.2, 0.25) is 11.9 Å². The van der Waals surface area contributed by atoms with Crippen LogP contribution in [0.4, 0.5) is 22.4 Å². The van der Waals surface area contributed by atoms with E-state index in [0.717, 1.165) is 62.7 Å². The fourth-order valence-corrected chi connectivity index (χ4v) is 6.91. The highest BCUT2D eigenvalue weighted by molar-refractivity contribution is 5.97. The molecule has 280 valence electrons. The predicted molar refractivity (Wildman–Crippen MR) is 199 cm³/mol. The number of carbonyl (C=O) groups is 2. The molecular weight excluding hydrogens is 662 g/mol. The van der Waals surface area contributed by atoms with Crippen molar-refractivity contribution in [2.45, 2.75) is 91.2 Å². The molecular formula is C39H53N7O6. The predicted octanol–water partition coefficient (Wildman–Crippen LogP) is 7.21. The van der Waals surface area contributed by atoms with Crippen molar-refractivity contribution >= 4 is 29.6 Å². The van der Waals surface area contributed by atoms with E-state index >= 15 is 0 Å². The third-order valence-corrected chi connectivity index (χ3v) is 9.61. The minimum atomic E-state index is -0.551. The molecule has 4 aliphatic rings. The van der Waals surface area contributed by atoms with Crippen LogP contribution in [0.25, 0.3) is 0 Å². The molecule has 0 aliphatic carbocycles. The van der Waals surface area contributed by atoms with Gasteiger partial charge in [-0.15, -0.1) is 0 Å². The van der Waals surface area contributed by atoms with Crippen LogP contribution in [0.5, 0.6) is 17.5 Å². The summed E-state index contributed by atoms with van der Waals surface area (Å²) in [4.78, 5) is 44.1. The highest BCUT2D eigenvalue weighted by atomic mass is 16.6. The van der Waals surface area contributed by atoms with Gasteiger partial charge in [-0.3, -0.25) is 4.79 Å². The van der Waals surface area contributed by atoms with Crippen molar-refractivity contribution in [3.05, 3.63) is 53.6 Å². The number of amides is 2. The van der Waals surface area contributed by atoms with E-state index in [1.165, 1.54) is 0 Å². The maximum absolute atomic E-state index is 14.1. The average Bonchev–Trinajstić information content (AvgIpc) is 3.74. The van der Waals surface area contributed by atoms with Gasteiger partial charge in [0.25, 0.3) is 5.91 Å². The van der Waals surface area contributed by atoms with Crippen molar-refractivity contribution in [2.24, 2.45) is 5.41 Å². The zero-order valence-electron chi connectivity index (χ0n) is 31.0. The Kier molecular flexibility index (Phi) is 11.9. The Labute approximate surface area is 306 Å². The molecule has 13 nitrogen and oxygen atoms in total. The van der Waals surface area contributed by atoms with Crippen LogP contribution in [-0.2, 0) is 11.3 Å². The molecule has 3 aromatic rings. The number of anilines is 3. The van der Waals surface area contributed by atoms with E-state index in [2.05, 4.69) is 25.6 Å². The van der Waals surface area contributed by atoms with Crippen LogP contribution in [0.1, 0.15) is 95.0 Å². The van der Waals surface area contributed by atoms with Crippen molar-refractivity contribution < 1.29 is 28.5 Å². The second-order valence-electron chi connectivity index (χ2n) is 15.0. The molecule has 2 N–H and O–H groups in total. The summed E-state index contributed by atoms with van der Waals surface area (Å²) in [5, 5.41) is 6.56. The Bertz CT molecular complexity index is 1680. The number of carbonyl (C=O) groups excluding carboxylic acids is 2. The molecule has 4 aliphatic heterocycles. The molecule has 2 amide bonds. The smallest absolute Gasteiger partial charge is 0.410 e. The standard InChI is InChI=1S/C39H53N7O6/c1-5-49-36-43-34-40-25-28-12-15-30(16-13-28)50-22-10-8-6-7-9-11-23-51-32-24-29(41-35(42-34)44-36)14-17-31(32)33(47)45-20-18-39(26-45)19-21-46(27-39)37(48)52-38(2,3)4/h12-17,24H,5-11,18-23,25-27H2,1-4H3,(H2,40,41,42,43,44). The molecule has 1 aromatic heterocycles. The van der Waals surface area contributed by atoms with Gasteiger partial charge in [0, 0.05) is 49.9 Å². The molecule has 1 spiro atoms. The van der Waals surface area contributed by atoms with Crippen molar-refractivity contribution in [1.29, 1.82) is 0 Å². The molecule has 0 saturated carbocycles. The number of nitrogens with zero attached hydrogens (tertiary/aromatic N) is 5. The highest BCUT2D eigenvalue weighted by Gasteiger charge is 2.47. The SMILES string of the molecule is CCOc1nc2nc(n1)Nc1ccc(C(=O)N3CCC4(CCN(C(=O)OC(C)(C)C)C4)C3)c(c1)OCCCCCCCCOc1ccc(cc1)CN2. The van der Waals surface area contributed by atoms with Gasteiger partial charge >= 0.3 is 12.1 Å². The van der Waals surface area contributed by atoms with Gasteiger partial charge in [0.1, 0.15) is 17.1 Å². The van der Waals surface area contributed by atoms with Gasteiger partial charge < -0.3 is 39.4 Å². The molecule has 1 atom stereocenters. The number of hydrogen-bond donors (Lipinski definition) is 2. The van der Waals surface area contributed by atoms with Gasteiger partial charge in [0.15, 0.2) is 0 Å². The zero-order valence-corrected chi connectivity index (χ0v) is 31.0. The fraction of sp³-hybridized carbons (Fsp3) is 0.564. The van der Waals surface area contributed by atoms with Crippen LogP contribution in [0.3, 0.4) is 0 Å². The van der Waals surface area contributed by atoms with Crippen LogP contribution in [0.15, 0.2) is 42.5 Å². The summed E-state index contributed by atoms with van der Waals surface area (Å²) in [6, 6.07) is 13.7. The van der Waals surface area contributed by atoms with E-state index in [9.17, 15) is 9.59 Å². The summed E-state index contributed by atoms with van der Waals surface area (Å²) in [7, 11) is 0. The molecule has 7 rings (SSSR count). The minimum Gasteiger partial charge on any atom is -0.494 e. The Morgan fingerprint density at radius 2 is 1.52 bits per heavy atom. The zero-order chi connectivity index (χ0) is 36.6. The second kappa shape index (κ2) is 16.7.